The van der Waals surface area contributed by atoms with Crippen LogP contribution < -0.4 is 10.6 Å². The van der Waals surface area contributed by atoms with Gasteiger partial charge in [0.25, 0.3) is 0 Å². The topological polar surface area (TPSA) is 70.6 Å². The Morgan fingerprint density at radius 2 is 1.75 bits per heavy atom. The molecule has 0 radical (unpaired) electrons. The third kappa shape index (κ3) is 3.00. The van der Waals surface area contributed by atoms with E-state index in [0.717, 1.165) is 32.1 Å². The molecule has 6 heteroatoms. The normalized spacial score (nSPS) is 21.5. The lowest BCUT2D eigenvalue weighted by molar-refractivity contribution is 0.376. The Kier molecular flexibility index (Phi) is 3.99. The van der Waals surface area contributed by atoms with Gasteiger partial charge in [-0.3, -0.25) is 0 Å². The summed E-state index contributed by atoms with van der Waals surface area (Å²) in [5, 5.41) is 0. The van der Waals surface area contributed by atoms with Gasteiger partial charge in [-0.05, 0) is 18.9 Å². The van der Waals surface area contributed by atoms with E-state index in [0.29, 0.717) is 12.0 Å². The van der Waals surface area contributed by atoms with Crippen LogP contribution in [0, 0.1) is 0 Å². The Balaban J connectivity index is 1.55. The highest BCUT2D eigenvalue weighted by Crippen LogP contribution is 2.21. The van der Waals surface area contributed by atoms with Gasteiger partial charge in [-0.1, -0.05) is 12.8 Å². The molecular weight excluding hydrogens is 252 g/mol. The van der Waals surface area contributed by atoms with E-state index in [2.05, 4.69) is 24.8 Å². The van der Waals surface area contributed by atoms with Gasteiger partial charge >= 0.3 is 0 Å². The molecule has 0 bridgehead atoms. The van der Waals surface area contributed by atoms with E-state index in [-0.39, 0.29) is 0 Å². The Labute approximate surface area is 119 Å². The van der Waals surface area contributed by atoms with Crippen molar-refractivity contribution in [2.75, 3.05) is 31.1 Å². The van der Waals surface area contributed by atoms with Crippen molar-refractivity contribution in [1.29, 1.82) is 0 Å². The number of guanidine groups is 1. The molecule has 108 valence electrons. The summed E-state index contributed by atoms with van der Waals surface area (Å²) in [5.74, 6) is 1.52. The van der Waals surface area contributed by atoms with Crippen molar-refractivity contribution in [3.8, 4) is 0 Å². The molecule has 2 heterocycles. The molecule has 2 N–H and O–H groups in total. The van der Waals surface area contributed by atoms with Gasteiger partial charge in [-0.25, -0.2) is 15.0 Å². The number of anilines is 1. The minimum atomic E-state index is 0.450. The van der Waals surface area contributed by atoms with E-state index in [9.17, 15) is 0 Å². The highest BCUT2D eigenvalue weighted by Gasteiger charge is 2.21. The van der Waals surface area contributed by atoms with E-state index >= 15 is 0 Å². The SMILES string of the molecule is NC(=NC1CCCC1)N1CCN(c2ncccn2)CC1. The van der Waals surface area contributed by atoms with Crippen LogP contribution in [0.4, 0.5) is 5.95 Å². The third-order valence-corrected chi connectivity index (χ3v) is 4.08. The van der Waals surface area contributed by atoms with Crippen molar-refractivity contribution in [1.82, 2.24) is 14.9 Å². The van der Waals surface area contributed by atoms with Gasteiger partial charge in [0.15, 0.2) is 5.96 Å². The zero-order chi connectivity index (χ0) is 13.8. The minimum Gasteiger partial charge on any atom is -0.370 e. The summed E-state index contributed by atoms with van der Waals surface area (Å²) in [4.78, 5) is 17.6. The molecule has 2 aliphatic rings. The fourth-order valence-electron chi connectivity index (χ4n) is 2.89. The summed E-state index contributed by atoms with van der Waals surface area (Å²) in [6.45, 7) is 3.57. The number of piperazine rings is 1. The summed E-state index contributed by atoms with van der Waals surface area (Å²) in [6, 6.07) is 2.29. The van der Waals surface area contributed by atoms with Crippen molar-refractivity contribution in [2.24, 2.45) is 10.7 Å². The Morgan fingerprint density at radius 1 is 1.10 bits per heavy atom. The lowest BCUT2D eigenvalue weighted by Gasteiger charge is -2.35. The summed E-state index contributed by atoms with van der Waals surface area (Å²) < 4.78 is 0. The number of nitrogens with zero attached hydrogens (tertiary/aromatic N) is 5. The van der Waals surface area contributed by atoms with E-state index in [4.69, 9.17) is 5.73 Å². The standard InChI is InChI=1S/C14H22N6/c15-13(18-12-4-1-2-5-12)19-8-10-20(11-9-19)14-16-6-3-7-17-14/h3,6-7,12H,1-2,4-5,8-11H2,(H2,15,18). The summed E-state index contributed by atoms with van der Waals surface area (Å²) >= 11 is 0. The quantitative estimate of drug-likeness (QED) is 0.639. The molecule has 3 rings (SSSR count). The van der Waals surface area contributed by atoms with Crippen LogP contribution in [0.15, 0.2) is 23.5 Å². The molecule has 1 aliphatic heterocycles. The minimum absolute atomic E-state index is 0.450. The molecule has 0 unspecified atom stereocenters. The van der Waals surface area contributed by atoms with Crippen LogP contribution in [0.1, 0.15) is 25.7 Å². The molecule has 0 aromatic carbocycles. The van der Waals surface area contributed by atoms with Gasteiger partial charge in [-0.2, -0.15) is 0 Å². The smallest absolute Gasteiger partial charge is 0.225 e. The number of nitrogens with two attached hydrogens (primary N) is 1. The third-order valence-electron chi connectivity index (χ3n) is 4.08. The highest BCUT2D eigenvalue weighted by molar-refractivity contribution is 5.78. The predicted molar refractivity (Wildman–Crippen MR) is 79.7 cm³/mol. The Hall–Kier alpha value is -1.85. The van der Waals surface area contributed by atoms with Crippen molar-refractivity contribution in [3.63, 3.8) is 0 Å². The van der Waals surface area contributed by atoms with Crippen LogP contribution >= 0.6 is 0 Å². The first-order valence-electron chi connectivity index (χ1n) is 7.43. The van der Waals surface area contributed by atoms with Crippen molar-refractivity contribution in [3.05, 3.63) is 18.5 Å². The first kappa shape index (κ1) is 13.1. The average Bonchev–Trinajstić information content (AvgIpc) is 3.01. The van der Waals surface area contributed by atoms with Gasteiger partial charge in [-0.15, -0.1) is 0 Å². The van der Waals surface area contributed by atoms with Crippen molar-refractivity contribution >= 4 is 11.9 Å². The second-order valence-corrected chi connectivity index (χ2v) is 5.45. The first-order chi connectivity index (χ1) is 9.83. The van der Waals surface area contributed by atoms with Crippen LogP contribution in [-0.2, 0) is 0 Å². The zero-order valence-electron chi connectivity index (χ0n) is 11.8. The fraction of sp³-hybridized carbons (Fsp3) is 0.643. The molecule has 1 saturated heterocycles. The van der Waals surface area contributed by atoms with Crippen LogP contribution in [0.2, 0.25) is 0 Å². The molecule has 1 aromatic heterocycles. The lowest BCUT2D eigenvalue weighted by atomic mass is 10.3. The maximum Gasteiger partial charge on any atom is 0.225 e. The van der Waals surface area contributed by atoms with E-state index in [1.165, 1.54) is 25.7 Å². The highest BCUT2D eigenvalue weighted by atomic mass is 15.4. The zero-order valence-corrected chi connectivity index (χ0v) is 11.8. The molecule has 1 aliphatic carbocycles. The number of hydrogen-bond acceptors (Lipinski definition) is 4. The fourth-order valence-corrected chi connectivity index (χ4v) is 2.89. The summed E-state index contributed by atoms with van der Waals surface area (Å²) in [7, 11) is 0. The molecule has 2 fully saturated rings. The van der Waals surface area contributed by atoms with Crippen LogP contribution in [0.25, 0.3) is 0 Å². The van der Waals surface area contributed by atoms with E-state index < -0.39 is 0 Å². The molecule has 0 atom stereocenters. The molecule has 20 heavy (non-hydrogen) atoms. The number of aliphatic imine (C=N–C) groups is 1. The Bertz CT molecular complexity index is 446. The number of hydrogen-bond donors (Lipinski definition) is 1. The maximum absolute atomic E-state index is 6.14. The van der Waals surface area contributed by atoms with Gasteiger partial charge < -0.3 is 15.5 Å². The molecule has 6 nitrogen and oxygen atoms in total. The Morgan fingerprint density at radius 3 is 2.40 bits per heavy atom. The van der Waals surface area contributed by atoms with Gasteiger partial charge in [0.1, 0.15) is 0 Å². The van der Waals surface area contributed by atoms with Crippen LogP contribution in [0.5, 0.6) is 0 Å². The number of rotatable bonds is 2. The molecular formula is C14H22N6. The van der Waals surface area contributed by atoms with Gasteiger partial charge in [0, 0.05) is 38.6 Å². The van der Waals surface area contributed by atoms with E-state index in [1.807, 2.05) is 6.07 Å². The average molecular weight is 274 g/mol. The largest absolute Gasteiger partial charge is 0.370 e. The van der Waals surface area contributed by atoms with Crippen molar-refractivity contribution in [2.45, 2.75) is 31.7 Å². The molecule has 0 amide bonds. The monoisotopic (exact) mass is 274 g/mol. The molecule has 0 spiro atoms. The van der Waals surface area contributed by atoms with Crippen LogP contribution in [0.3, 0.4) is 0 Å². The van der Waals surface area contributed by atoms with Crippen LogP contribution in [-0.4, -0.2) is 53.0 Å². The maximum atomic E-state index is 6.14. The predicted octanol–water partition coefficient (Wildman–Crippen LogP) is 0.856. The first-order valence-corrected chi connectivity index (χ1v) is 7.43. The van der Waals surface area contributed by atoms with Crippen molar-refractivity contribution < 1.29 is 0 Å². The van der Waals surface area contributed by atoms with E-state index in [1.54, 1.807) is 12.4 Å². The van der Waals surface area contributed by atoms with Gasteiger partial charge in [0.2, 0.25) is 5.95 Å². The summed E-state index contributed by atoms with van der Waals surface area (Å²) in [6.07, 6.45) is 8.54. The molecule has 1 saturated carbocycles. The molecule has 1 aromatic rings. The summed E-state index contributed by atoms with van der Waals surface area (Å²) in [5.41, 5.74) is 6.14. The second kappa shape index (κ2) is 6.07. The number of aromatic nitrogens is 2. The van der Waals surface area contributed by atoms with Gasteiger partial charge in [0.05, 0.1) is 6.04 Å². The lowest BCUT2D eigenvalue weighted by Crippen LogP contribution is -2.51. The second-order valence-electron chi connectivity index (χ2n) is 5.45.